The van der Waals surface area contributed by atoms with Gasteiger partial charge in [-0.05, 0) is 42.5 Å². The lowest BCUT2D eigenvalue weighted by molar-refractivity contribution is 0.682. The Labute approximate surface area is 92.4 Å². The summed E-state index contributed by atoms with van der Waals surface area (Å²) in [4.78, 5) is 0.880. The zero-order chi connectivity index (χ0) is 10.7. The molecule has 0 fully saturated rings. The number of nitrogens with zero attached hydrogens (tertiary/aromatic N) is 1. The van der Waals surface area contributed by atoms with Crippen molar-refractivity contribution in [2.75, 3.05) is 5.75 Å². The van der Waals surface area contributed by atoms with Crippen LogP contribution in [0.5, 0.6) is 0 Å². The van der Waals surface area contributed by atoms with Crippen molar-refractivity contribution in [2.24, 2.45) is 0 Å². The lowest BCUT2D eigenvalue weighted by atomic mass is 10.1. The third-order valence-corrected chi connectivity index (χ3v) is 4.09. The highest BCUT2D eigenvalue weighted by Crippen LogP contribution is 2.24. The van der Waals surface area contributed by atoms with Crippen LogP contribution < -0.4 is 0 Å². The highest BCUT2D eigenvalue weighted by atomic mass is 32.2. The van der Waals surface area contributed by atoms with Gasteiger partial charge in [0.15, 0.2) is 0 Å². The first-order valence-corrected chi connectivity index (χ1v) is 6.50. The molecule has 0 bridgehead atoms. The van der Waals surface area contributed by atoms with Crippen molar-refractivity contribution in [1.82, 2.24) is 0 Å². The summed E-state index contributed by atoms with van der Waals surface area (Å²) in [6, 6.07) is 8.11. The highest BCUT2D eigenvalue weighted by molar-refractivity contribution is 7.85. The molecule has 1 atom stereocenters. The van der Waals surface area contributed by atoms with E-state index in [0.29, 0.717) is 12.2 Å². The molecule has 0 spiro atoms. The van der Waals surface area contributed by atoms with Crippen molar-refractivity contribution in [3.05, 3.63) is 29.3 Å². The van der Waals surface area contributed by atoms with Gasteiger partial charge in [-0.3, -0.25) is 4.21 Å². The first-order valence-electron chi connectivity index (χ1n) is 5.18. The van der Waals surface area contributed by atoms with Crippen molar-refractivity contribution < 1.29 is 4.21 Å². The summed E-state index contributed by atoms with van der Waals surface area (Å²) >= 11 is 0. The largest absolute Gasteiger partial charge is 0.254 e. The number of aryl methyl sites for hydroxylation is 2. The molecule has 78 valence electrons. The zero-order valence-electron chi connectivity index (χ0n) is 8.53. The van der Waals surface area contributed by atoms with Gasteiger partial charge >= 0.3 is 0 Å². The Morgan fingerprint density at radius 3 is 2.93 bits per heavy atom. The molecule has 3 heteroatoms. The van der Waals surface area contributed by atoms with E-state index in [1.807, 2.05) is 12.1 Å². The minimum Gasteiger partial charge on any atom is -0.254 e. The molecule has 2 nitrogen and oxygen atoms in total. The number of fused-ring (bicyclic) bond motifs is 1. The van der Waals surface area contributed by atoms with E-state index >= 15 is 0 Å². The van der Waals surface area contributed by atoms with Crippen LogP contribution in [0.4, 0.5) is 0 Å². The zero-order valence-corrected chi connectivity index (χ0v) is 9.35. The fourth-order valence-corrected chi connectivity index (χ4v) is 2.95. The molecular weight excluding hydrogens is 206 g/mol. The monoisotopic (exact) mass is 219 g/mol. The first kappa shape index (κ1) is 10.4. The molecule has 1 aliphatic rings. The van der Waals surface area contributed by atoms with Crippen LogP contribution in [0.1, 0.15) is 24.0 Å². The summed E-state index contributed by atoms with van der Waals surface area (Å²) in [7, 11) is -0.998. The van der Waals surface area contributed by atoms with Gasteiger partial charge in [0.2, 0.25) is 0 Å². The number of benzene rings is 1. The van der Waals surface area contributed by atoms with Gasteiger partial charge in [-0.2, -0.15) is 5.26 Å². The molecule has 1 aromatic carbocycles. The molecule has 0 radical (unpaired) electrons. The summed E-state index contributed by atoms with van der Waals surface area (Å²) in [6.45, 7) is 0. The van der Waals surface area contributed by atoms with Crippen molar-refractivity contribution in [1.29, 1.82) is 5.26 Å². The maximum atomic E-state index is 11.8. The van der Waals surface area contributed by atoms with E-state index in [0.717, 1.165) is 17.7 Å². The Bertz CT molecular complexity index is 434. The molecule has 0 aromatic heterocycles. The van der Waals surface area contributed by atoms with Gasteiger partial charge in [-0.15, -0.1) is 0 Å². The van der Waals surface area contributed by atoms with E-state index < -0.39 is 10.8 Å². The molecular formula is C12H13NOS. The summed E-state index contributed by atoms with van der Waals surface area (Å²) in [5, 5.41) is 8.43. The van der Waals surface area contributed by atoms with E-state index in [-0.39, 0.29) is 0 Å². The Morgan fingerprint density at radius 1 is 1.33 bits per heavy atom. The van der Waals surface area contributed by atoms with Gasteiger partial charge in [-0.1, -0.05) is 6.07 Å². The van der Waals surface area contributed by atoms with E-state index in [1.54, 1.807) is 0 Å². The second-order valence-corrected chi connectivity index (χ2v) is 5.31. The highest BCUT2D eigenvalue weighted by Gasteiger charge is 2.12. The van der Waals surface area contributed by atoms with Crippen LogP contribution in [0.3, 0.4) is 0 Å². The topological polar surface area (TPSA) is 40.9 Å². The summed E-state index contributed by atoms with van der Waals surface area (Å²) in [5.41, 5.74) is 2.74. The van der Waals surface area contributed by atoms with Gasteiger partial charge in [-0.25, -0.2) is 0 Å². The van der Waals surface area contributed by atoms with Gasteiger partial charge in [0.25, 0.3) is 0 Å². The van der Waals surface area contributed by atoms with Crippen molar-refractivity contribution >= 4 is 10.8 Å². The van der Waals surface area contributed by atoms with E-state index in [2.05, 4.69) is 12.1 Å². The molecule has 0 saturated heterocycles. The fraction of sp³-hybridized carbons (Fsp3) is 0.417. The SMILES string of the molecule is N#CCCS(=O)c1ccc2c(c1)CCC2. The lowest BCUT2D eigenvalue weighted by Gasteiger charge is -2.03. The average Bonchev–Trinajstić information content (AvgIpc) is 2.72. The predicted octanol–water partition coefficient (Wildman–Crippen LogP) is 2.20. The molecule has 1 aromatic rings. The van der Waals surface area contributed by atoms with Crippen LogP contribution in [0.15, 0.2) is 23.1 Å². The minimum atomic E-state index is -0.998. The van der Waals surface area contributed by atoms with E-state index in [1.165, 1.54) is 17.5 Å². The second-order valence-electron chi connectivity index (χ2n) is 3.74. The Morgan fingerprint density at radius 2 is 2.13 bits per heavy atom. The molecule has 0 amide bonds. The number of nitriles is 1. The van der Waals surface area contributed by atoms with Gasteiger partial charge in [0.1, 0.15) is 0 Å². The maximum Gasteiger partial charge on any atom is 0.0631 e. The summed E-state index contributed by atoms with van der Waals surface area (Å²) in [5.74, 6) is 0.454. The molecule has 15 heavy (non-hydrogen) atoms. The van der Waals surface area contributed by atoms with Gasteiger partial charge in [0.05, 0.1) is 16.9 Å². The first-order chi connectivity index (χ1) is 7.31. The molecule has 2 rings (SSSR count). The average molecular weight is 219 g/mol. The molecule has 0 saturated carbocycles. The number of rotatable bonds is 3. The van der Waals surface area contributed by atoms with Crippen LogP contribution in [0, 0.1) is 11.3 Å². The van der Waals surface area contributed by atoms with E-state index in [9.17, 15) is 4.21 Å². The normalized spacial score (nSPS) is 15.7. The number of hydrogen-bond donors (Lipinski definition) is 0. The molecule has 0 aliphatic heterocycles. The van der Waals surface area contributed by atoms with Crippen molar-refractivity contribution in [2.45, 2.75) is 30.6 Å². The van der Waals surface area contributed by atoms with Crippen molar-refractivity contribution in [3.8, 4) is 6.07 Å². The smallest absolute Gasteiger partial charge is 0.0631 e. The van der Waals surface area contributed by atoms with Crippen molar-refractivity contribution in [3.63, 3.8) is 0 Å². The van der Waals surface area contributed by atoms with Crippen LogP contribution >= 0.6 is 0 Å². The Hall–Kier alpha value is -1.14. The molecule has 0 heterocycles. The van der Waals surface area contributed by atoms with Crippen LogP contribution in [0.25, 0.3) is 0 Å². The third-order valence-electron chi connectivity index (χ3n) is 2.73. The predicted molar refractivity (Wildman–Crippen MR) is 60.0 cm³/mol. The summed E-state index contributed by atoms with van der Waals surface area (Å²) < 4.78 is 11.8. The Kier molecular flexibility index (Phi) is 3.17. The molecule has 0 N–H and O–H groups in total. The molecule has 1 aliphatic carbocycles. The van der Waals surface area contributed by atoms with Gasteiger partial charge < -0.3 is 0 Å². The van der Waals surface area contributed by atoms with Crippen LogP contribution in [-0.4, -0.2) is 9.96 Å². The fourth-order valence-electron chi connectivity index (χ4n) is 1.95. The number of hydrogen-bond acceptors (Lipinski definition) is 2. The second kappa shape index (κ2) is 4.59. The quantitative estimate of drug-likeness (QED) is 0.782. The lowest BCUT2D eigenvalue weighted by Crippen LogP contribution is -1.98. The maximum absolute atomic E-state index is 11.8. The minimum absolute atomic E-state index is 0.365. The Balaban J connectivity index is 2.16. The third kappa shape index (κ3) is 2.27. The van der Waals surface area contributed by atoms with E-state index in [4.69, 9.17) is 5.26 Å². The van der Waals surface area contributed by atoms with Gasteiger partial charge in [0, 0.05) is 17.1 Å². The standard InChI is InChI=1S/C12H13NOS/c13-7-2-8-15(14)12-6-5-10-3-1-4-11(10)9-12/h5-6,9H,1-4,8H2. The molecule has 1 unspecified atom stereocenters. The van der Waals surface area contributed by atoms with Crippen LogP contribution in [0.2, 0.25) is 0 Å². The van der Waals surface area contributed by atoms with Crippen LogP contribution in [-0.2, 0) is 23.6 Å². The summed E-state index contributed by atoms with van der Waals surface area (Å²) in [6.07, 6.45) is 3.84.